The van der Waals surface area contributed by atoms with Crippen molar-refractivity contribution < 1.29 is 5.11 Å². The molecular weight excluding hydrogens is 212 g/mol. The molecular formula is C14H22N2O. The third kappa shape index (κ3) is 3.80. The molecule has 1 aliphatic heterocycles. The van der Waals surface area contributed by atoms with Gasteiger partial charge in [0.2, 0.25) is 0 Å². The molecule has 3 heteroatoms. The average Bonchev–Trinajstić information content (AvgIpc) is 2.37. The SMILES string of the molecule is NC(CCN1CCCC(O)C1)c1ccccc1. The number of benzene rings is 1. The maximum atomic E-state index is 9.59. The van der Waals surface area contributed by atoms with E-state index in [4.69, 9.17) is 5.73 Å². The van der Waals surface area contributed by atoms with Crippen molar-refractivity contribution >= 4 is 0 Å². The lowest BCUT2D eigenvalue weighted by atomic mass is 10.0. The molecule has 2 atom stereocenters. The molecule has 1 fully saturated rings. The van der Waals surface area contributed by atoms with E-state index in [9.17, 15) is 5.11 Å². The summed E-state index contributed by atoms with van der Waals surface area (Å²) in [6, 6.07) is 10.3. The van der Waals surface area contributed by atoms with Crippen LogP contribution in [0.5, 0.6) is 0 Å². The van der Waals surface area contributed by atoms with Gasteiger partial charge in [0.25, 0.3) is 0 Å². The molecule has 0 aromatic heterocycles. The number of aliphatic hydroxyl groups is 1. The summed E-state index contributed by atoms with van der Waals surface area (Å²) in [5.74, 6) is 0. The van der Waals surface area contributed by atoms with Crippen molar-refractivity contribution in [1.82, 2.24) is 4.90 Å². The molecule has 2 unspecified atom stereocenters. The Morgan fingerprint density at radius 2 is 2.12 bits per heavy atom. The third-order valence-corrected chi connectivity index (χ3v) is 3.46. The van der Waals surface area contributed by atoms with Gasteiger partial charge in [-0.15, -0.1) is 0 Å². The van der Waals surface area contributed by atoms with Gasteiger partial charge in [-0.2, -0.15) is 0 Å². The molecule has 3 nitrogen and oxygen atoms in total. The predicted molar refractivity (Wildman–Crippen MR) is 69.7 cm³/mol. The smallest absolute Gasteiger partial charge is 0.0667 e. The first-order valence-corrected chi connectivity index (χ1v) is 6.46. The number of likely N-dealkylation sites (tertiary alicyclic amines) is 1. The van der Waals surface area contributed by atoms with Gasteiger partial charge in [-0.25, -0.2) is 0 Å². The Labute approximate surface area is 103 Å². The van der Waals surface area contributed by atoms with E-state index in [1.165, 1.54) is 5.56 Å². The average molecular weight is 234 g/mol. The number of nitrogens with two attached hydrogens (primary N) is 1. The van der Waals surface area contributed by atoms with Crippen LogP contribution in [0.1, 0.15) is 30.9 Å². The molecule has 1 aliphatic rings. The fourth-order valence-electron chi connectivity index (χ4n) is 2.42. The monoisotopic (exact) mass is 234 g/mol. The molecule has 0 radical (unpaired) electrons. The van der Waals surface area contributed by atoms with Gasteiger partial charge in [0.15, 0.2) is 0 Å². The van der Waals surface area contributed by atoms with Crippen LogP contribution in [0.3, 0.4) is 0 Å². The number of hydrogen-bond donors (Lipinski definition) is 2. The summed E-state index contributed by atoms with van der Waals surface area (Å²) in [6.07, 6.45) is 2.86. The number of aliphatic hydroxyl groups excluding tert-OH is 1. The fourth-order valence-corrected chi connectivity index (χ4v) is 2.42. The highest BCUT2D eigenvalue weighted by Crippen LogP contribution is 2.16. The topological polar surface area (TPSA) is 49.5 Å². The summed E-state index contributed by atoms with van der Waals surface area (Å²) in [5, 5.41) is 9.59. The van der Waals surface area contributed by atoms with E-state index in [1.54, 1.807) is 0 Å². The quantitative estimate of drug-likeness (QED) is 0.830. The van der Waals surface area contributed by atoms with Crippen LogP contribution in [0.4, 0.5) is 0 Å². The van der Waals surface area contributed by atoms with Crippen LogP contribution in [-0.4, -0.2) is 35.7 Å². The normalized spacial score (nSPS) is 23.5. The summed E-state index contributed by atoms with van der Waals surface area (Å²) in [6.45, 7) is 2.88. The molecule has 1 aromatic carbocycles. The van der Waals surface area contributed by atoms with E-state index >= 15 is 0 Å². The molecule has 3 N–H and O–H groups in total. The summed E-state index contributed by atoms with van der Waals surface area (Å²) in [7, 11) is 0. The Balaban J connectivity index is 1.78. The molecule has 1 heterocycles. The number of β-amino-alcohol motifs (C(OH)–C–C–N with tert-alkyl or cyclic N) is 1. The standard InChI is InChI=1S/C14H22N2O/c15-14(12-5-2-1-3-6-12)8-10-16-9-4-7-13(17)11-16/h1-3,5-6,13-14,17H,4,7-11,15H2. The van der Waals surface area contributed by atoms with Crippen molar-refractivity contribution in [2.24, 2.45) is 5.73 Å². The van der Waals surface area contributed by atoms with Crippen molar-refractivity contribution in [3.05, 3.63) is 35.9 Å². The Kier molecular flexibility index (Phi) is 4.54. The second-order valence-electron chi connectivity index (χ2n) is 4.90. The lowest BCUT2D eigenvalue weighted by Gasteiger charge is -2.30. The summed E-state index contributed by atoms with van der Waals surface area (Å²) >= 11 is 0. The number of hydrogen-bond acceptors (Lipinski definition) is 3. The zero-order chi connectivity index (χ0) is 12.1. The van der Waals surface area contributed by atoms with Crippen LogP contribution in [0.25, 0.3) is 0 Å². The zero-order valence-corrected chi connectivity index (χ0v) is 10.3. The second kappa shape index (κ2) is 6.15. The van der Waals surface area contributed by atoms with E-state index in [2.05, 4.69) is 17.0 Å². The Hall–Kier alpha value is -0.900. The van der Waals surface area contributed by atoms with E-state index in [0.29, 0.717) is 0 Å². The Morgan fingerprint density at radius 1 is 1.35 bits per heavy atom. The summed E-state index contributed by atoms with van der Waals surface area (Å²) < 4.78 is 0. The molecule has 2 rings (SSSR count). The van der Waals surface area contributed by atoms with Crippen LogP contribution in [-0.2, 0) is 0 Å². The lowest BCUT2D eigenvalue weighted by Crippen LogP contribution is -2.39. The van der Waals surface area contributed by atoms with E-state index in [1.807, 2.05) is 18.2 Å². The van der Waals surface area contributed by atoms with Crippen LogP contribution in [0.15, 0.2) is 30.3 Å². The minimum Gasteiger partial charge on any atom is -0.392 e. The Morgan fingerprint density at radius 3 is 2.82 bits per heavy atom. The Bertz CT molecular complexity index is 328. The number of rotatable bonds is 4. The van der Waals surface area contributed by atoms with E-state index < -0.39 is 0 Å². The van der Waals surface area contributed by atoms with Gasteiger partial charge in [0, 0.05) is 19.1 Å². The van der Waals surface area contributed by atoms with Crippen molar-refractivity contribution in [1.29, 1.82) is 0 Å². The van der Waals surface area contributed by atoms with Gasteiger partial charge >= 0.3 is 0 Å². The highest BCUT2D eigenvalue weighted by molar-refractivity contribution is 5.18. The highest BCUT2D eigenvalue weighted by atomic mass is 16.3. The van der Waals surface area contributed by atoms with Gasteiger partial charge < -0.3 is 15.7 Å². The first kappa shape index (κ1) is 12.6. The maximum Gasteiger partial charge on any atom is 0.0667 e. The summed E-state index contributed by atoms with van der Waals surface area (Å²) in [4.78, 5) is 2.32. The van der Waals surface area contributed by atoms with Gasteiger partial charge in [0.05, 0.1) is 6.10 Å². The number of piperidine rings is 1. The molecule has 17 heavy (non-hydrogen) atoms. The molecule has 1 saturated heterocycles. The highest BCUT2D eigenvalue weighted by Gasteiger charge is 2.18. The van der Waals surface area contributed by atoms with Crippen molar-refractivity contribution in [3.8, 4) is 0 Å². The van der Waals surface area contributed by atoms with E-state index in [0.717, 1.165) is 38.9 Å². The van der Waals surface area contributed by atoms with Crippen LogP contribution < -0.4 is 5.73 Å². The van der Waals surface area contributed by atoms with Crippen molar-refractivity contribution in [2.75, 3.05) is 19.6 Å². The molecule has 94 valence electrons. The largest absolute Gasteiger partial charge is 0.392 e. The fraction of sp³-hybridized carbons (Fsp3) is 0.571. The van der Waals surface area contributed by atoms with Crippen LogP contribution in [0.2, 0.25) is 0 Å². The van der Waals surface area contributed by atoms with Gasteiger partial charge in [-0.3, -0.25) is 0 Å². The molecule has 0 bridgehead atoms. The predicted octanol–water partition coefficient (Wildman–Crippen LogP) is 1.53. The number of nitrogens with zero attached hydrogens (tertiary/aromatic N) is 1. The van der Waals surface area contributed by atoms with Crippen molar-refractivity contribution in [2.45, 2.75) is 31.4 Å². The molecule has 0 spiro atoms. The second-order valence-corrected chi connectivity index (χ2v) is 4.90. The molecule has 1 aromatic rings. The van der Waals surface area contributed by atoms with E-state index in [-0.39, 0.29) is 12.1 Å². The van der Waals surface area contributed by atoms with Crippen molar-refractivity contribution in [3.63, 3.8) is 0 Å². The summed E-state index contributed by atoms with van der Waals surface area (Å²) in [5.41, 5.74) is 7.36. The van der Waals surface area contributed by atoms with Crippen LogP contribution >= 0.6 is 0 Å². The van der Waals surface area contributed by atoms with Gasteiger partial charge in [-0.05, 0) is 31.4 Å². The third-order valence-electron chi connectivity index (χ3n) is 3.46. The first-order valence-electron chi connectivity index (χ1n) is 6.46. The molecule has 0 aliphatic carbocycles. The first-order chi connectivity index (χ1) is 8.25. The maximum absolute atomic E-state index is 9.59. The lowest BCUT2D eigenvalue weighted by molar-refractivity contribution is 0.0692. The van der Waals surface area contributed by atoms with Gasteiger partial charge in [-0.1, -0.05) is 30.3 Å². The minimum atomic E-state index is -0.142. The molecule has 0 saturated carbocycles. The minimum absolute atomic E-state index is 0.107. The van der Waals surface area contributed by atoms with Crippen LogP contribution in [0, 0.1) is 0 Å². The van der Waals surface area contributed by atoms with Gasteiger partial charge in [0.1, 0.15) is 0 Å². The molecule has 0 amide bonds. The zero-order valence-electron chi connectivity index (χ0n) is 10.3.